The highest BCUT2D eigenvalue weighted by Gasteiger charge is 2.42. The van der Waals surface area contributed by atoms with Crippen LogP contribution in [-0.2, 0) is 4.79 Å². The number of nitrogens with one attached hydrogen (secondary N) is 2. The predicted octanol–water partition coefficient (Wildman–Crippen LogP) is 2.91. The lowest BCUT2D eigenvalue weighted by molar-refractivity contribution is -0.129. The molecule has 4 N–H and O–H groups in total. The number of hydrogen-bond donors (Lipinski definition) is 4. The van der Waals surface area contributed by atoms with Crippen molar-refractivity contribution in [3.8, 4) is 17.0 Å². The summed E-state index contributed by atoms with van der Waals surface area (Å²) in [6, 6.07) is 9.18. The Hall–Kier alpha value is -3.03. The number of aromatic nitrogens is 2. The second-order valence-electron chi connectivity index (χ2n) is 7.79. The highest BCUT2D eigenvalue weighted by Crippen LogP contribution is 2.31. The van der Waals surface area contributed by atoms with Gasteiger partial charge in [-0.05, 0) is 65.4 Å². The maximum atomic E-state index is 14.3. The molecule has 9 nitrogen and oxygen atoms in total. The fraction of sp³-hybridized carbons (Fsp3) is 0.261. The van der Waals surface area contributed by atoms with Crippen molar-refractivity contribution in [3.05, 3.63) is 69.4 Å². The first kappa shape index (κ1) is 24.1. The van der Waals surface area contributed by atoms with Gasteiger partial charge in [-0.25, -0.2) is 14.2 Å². The van der Waals surface area contributed by atoms with Crippen molar-refractivity contribution < 1.29 is 28.9 Å². The van der Waals surface area contributed by atoms with Gasteiger partial charge in [0.1, 0.15) is 36.1 Å². The minimum absolute atomic E-state index is 0.0719. The molecule has 3 atom stereocenters. The van der Waals surface area contributed by atoms with Gasteiger partial charge in [-0.15, -0.1) is 0 Å². The van der Waals surface area contributed by atoms with Gasteiger partial charge in [0.15, 0.2) is 0 Å². The van der Waals surface area contributed by atoms with Crippen LogP contribution in [0.5, 0.6) is 5.75 Å². The molecular weight excluding hydrogens is 558 g/mol. The van der Waals surface area contributed by atoms with Crippen LogP contribution in [0.15, 0.2) is 48.7 Å². The van der Waals surface area contributed by atoms with E-state index in [0.717, 1.165) is 8.47 Å². The van der Waals surface area contributed by atoms with Crippen molar-refractivity contribution in [1.82, 2.24) is 20.2 Å². The number of amides is 3. The molecule has 3 aromatic rings. The van der Waals surface area contributed by atoms with Crippen LogP contribution < -0.4 is 10.1 Å². The molecule has 0 aliphatic carbocycles. The number of imide groups is 1. The lowest BCUT2D eigenvalue weighted by Crippen LogP contribution is -2.34. The summed E-state index contributed by atoms with van der Waals surface area (Å²) >= 11 is 2.02. The van der Waals surface area contributed by atoms with E-state index < -0.39 is 42.6 Å². The molecule has 178 valence electrons. The molecule has 3 amide bonds. The van der Waals surface area contributed by atoms with Gasteiger partial charge in [0.05, 0.1) is 24.5 Å². The Morgan fingerprint density at radius 1 is 1.24 bits per heavy atom. The van der Waals surface area contributed by atoms with Gasteiger partial charge in [0, 0.05) is 9.13 Å². The highest BCUT2D eigenvalue weighted by atomic mass is 127. The third kappa shape index (κ3) is 4.91. The Labute approximate surface area is 208 Å². The van der Waals surface area contributed by atoms with Crippen LogP contribution in [0.2, 0.25) is 0 Å². The minimum Gasteiger partial charge on any atom is -0.491 e. The van der Waals surface area contributed by atoms with E-state index in [1.165, 1.54) is 12.3 Å². The molecule has 0 saturated carbocycles. The molecule has 1 saturated heterocycles. The van der Waals surface area contributed by atoms with Crippen molar-refractivity contribution in [1.29, 1.82) is 0 Å². The molecular formula is C23H22FIN4O5. The number of halogens is 2. The van der Waals surface area contributed by atoms with Crippen molar-refractivity contribution in [2.45, 2.75) is 25.1 Å². The van der Waals surface area contributed by atoms with Crippen molar-refractivity contribution in [2.24, 2.45) is 0 Å². The van der Waals surface area contributed by atoms with Gasteiger partial charge in [-0.2, -0.15) is 0 Å². The topological polar surface area (TPSA) is 128 Å². The monoisotopic (exact) mass is 580 g/mol. The first-order chi connectivity index (χ1) is 16.3. The zero-order valence-electron chi connectivity index (χ0n) is 18.0. The molecule has 1 fully saturated rings. The standard InChI is InChI=1S/C23H22FIN4O5/c1-12(21-26-9-19(27-21)17-7-4-14(25)8-18(17)24)29-22(32)20(28-23(29)33)13-2-5-16(6-3-13)34-11-15(31)10-30/h2-9,12,15,20,30-31H,10-11H2,1H3,(H,26,27)(H,28,33)/t12-,15-,20+/m0/s1. The molecule has 34 heavy (non-hydrogen) atoms. The molecule has 0 spiro atoms. The summed E-state index contributed by atoms with van der Waals surface area (Å²) in [4.78, 5) is 34.1. The number of carbonyl (C=O) groups excluding carboxylic acids is 2. The number of aliphatic hydroxyl groups is 2. The molecule has 4 rings (SSSR count). The Bertz CT molecular complexity index is 1200. The summed E-state index contributed by atoms with van der Waals surface area (Å²) in [6.45, 7) is 1.18. The van der Waals surface area contributed by atoms with E-state index in [9.17, 15) is 19.1 Å². The molecule has 1 aromatic heterocycles. The third-order valence-corrected chi connectivity index (χ3v) is 6.11. The number of rotatable bonds is 8. The van der Waals surface area contributed by atoms with Crippen LogP contribution in [0.1, 0.15) is 30.4 Å². The Balaban J connectivity index is 1.48. The van der Waals surface area contributed by atoms with E-state index in [4.69, 9.17) is 9.84 Å². The van der Waals surface area contributed by atoms with Gasteiger partial charge >= 0.3 is 6.03 Å². The van der Waals surface area contributed by atoms with Crippen LogP contribution in [0, 0.1) is 9.39 Å². The van der Waals surface area contributed by atoms with Crippen molar-refractivity contribution >= 4 is 34.5 Å². The predicted molar refractivity (Wildman–Crippen MR) is 128 cm³/mol. The number of carbonyl (C=O) groups is 2. The first-order valence-corrected chi connectivity index (χ1v) is 11.5. The van der Waals surface area contributed by atoms with E-state index in [-0.39, 0.29) is 6.61 Å². The zero-order valence-corrected chi connectivity index (χ0v) is 20.2. The Kier molecular flexibility index (Phi) is 7.14. The number of nitrogens with zero attached hydrogens (tertiary/aromatic N) is 2. The Morgan fingerprint density at radius 3 is 2.65 bits per heavy atom. The fourth-order valence-corrected chi connectivity index (χ4v) is 4.06. The molecule has 1 aliphatic rings. The number of benzene rings is 2. The van der Waals surface area contributed by atoms with E-state index in [0.29, 0.717) is 28.4 Å². The lowest BCUT2D eigenvalue weighted by atomic mass is 10.1. The summed E-state index contributed by atoms with van der Waals surface area (Å²) in [6.07, 6.45) is 0.481. The molecule has 2 heterocycles. The number of H-pyrrole nitrogens is 1. The smallest absolute Gasteiger partial charge is 0.325 e. The number of hydrogen-bond acceptors (Lipinski definition) is 6. The van der Waals surface area contributed by atoms with E-state index in [1.54, 1.807) is 43.3 Å². The summed E-state index contributed by atoms with van der Waals surface area (Å²) < 4.78 is 20.5. The van der Waals surface area contributed by atoms with Crippen LogP contribution in [0.25, 0.3) is 11.3 Å². The van der Waals surface area contributed by atoms with Crippen LogP contribution in [0.3, 0.4) is 0 Å². The zero-order chi connectivity index (χ0) is 24.4. The number of ether oxygens (including phenoxy) is 1. The van der Waals surface area contributed by atoms with E-state index >= 15 is 0 Å². The van der Waals surface area contributed by atoms with Crippen LogP contribution in [-0.4, -0.2) is 56.3 Å². The third-order valence-electron chi connectivity index (χ3n) is 5.44. The van der Waals surface area contributed by atoms with Gasteiger partial charge in [0.2, 0.25) is 0 Å². The van der Waals surface area contributed by atoms with Gasteiger partial charge < -0.3 is 25.3 Å². The molecule has 2 aromatic carbocycles. The maximum Gasteiger partial charge on any atom is 0.325 e. The average molecular weight is 580 g/mol. The SMILES string of the molecule is C[C@@H](c1ncc(-c2ccc(I)cc2F)[nH]1)N1C(=O)N[C@H](c2ccc(OC[C@@H](O)CO)cc2)C1=O. The largest absolute Gasteiger partial charge is 0.491 e. The molecule has 0 bridgehead atoms. The first-order valence-electron chi connectivity index (χ1n) is 10.4. The number of imidazole rings is 1. The normalized spacial score (nSPS) is 17.6. The quantitative estimate of drug-likeness (QED) is 0.240. The highest BCUT2D eigenvalue weighted by molar-refractivity contribution is 14.1. The van der Waals surface area contributed by atoms with Gasteiger partial charge in [-0.1, -0.05) is 12.1 Å². The molecule has 0 radical (unpaired) electrons. The van der Waals surface area contributed by atoms with Crippen LogP contribution in [0.4, 0.5) is 9.18 Å². The number of aliphatic hydroxyl groups excluding tert-OH is 2. The van der Waals surface area contributed by atoms with Crippen molar-refractivity contribution in [3.63, 3.8) is 0 Å². The van der Waals surface area contributed by atoms with Gasteiger partial charge in [-0.3, -0.25) is 9.69 Å². The summed E-state index contributed by atoms with van der Waals surface area (Å²) in [5.41, 5.74) is 1.35. The lowest BCUT2D eigenvalue weighted by Gasteiger charge is -2.19. The number of urea groups is 1. The Morgan fingerprint density at radius 2 is 1.97 bits per heavy atom. The number of aromatic amines is 1. The van der Waals surface area contributed by atoms with E-state index in [1.807, 2.05) is 22.6 Å². The summed E-state index contributed by atoms with van der Waals surface area (Å²) in [5, 5.41) is 20.9. The fourth-order valence-electron chi connectivity index (χ4n) is 3.60. The van der Waals surface area contributed by atoms with Gasteiger partial charge in [0.25, 0.3) is 5.91 Å². The minimum atomic E-state index is -0.991. The summed E-state index contributed by atoms with van der Waals surface area (Å²) in [7, 11) is 0. The maximum absolute atomic E-state index is 14.3. The van der Waals surface area contributed by atoms with E-state index in [2.05, 4.69) is 15.3 Å². The average Bonchev–Trinajstić information content (AvgIpc) is 3.42. The second-order valence-corrected chi connectivity index (χ2v) is 9.04. The molecule has 11 heteroatoms. The molecule has 1 aliphatic heterocycles. The second kappa shape index (κ2) is 10.1. The van der Waals surface area contributed by atoms with Crippen LogP contribution >= 0.6 is 22.6 Å². The van der Waals surface area contributed by atoms with Crippen molar-refractivity contribution in [2.75, 3.05) is 13.2 Å². The molecule has 0 unspecified atom stereocenters. The summed E-state index contributed by atoms with van der Waals surface area (Å²) in [5.74, 6) is -0.0455.